The Morgan fingerprint density at radius 3 is 3.00 bits per heavy atom. The third kappa shape index (κ3) is 1.51. The Hall–Kier alpha value is -0.670. The summed E-state index contributed by atoms with van der Waals surface area (Å²) in [6.07, 6.45) is 0.341. The van der Waals surface area contributed by atoms with E-state index in [9.17, 15) is 4.39 Å². The van der Waals surface area contributed by atoms with Gasteiger partial charge < -0.3 is 0 Å². The zero-order valence-electron chi connectivity index (χ0n) is 7.05. The second-order valence-corrected chi connectivity index (χ2v) is 4.87. The highest BCUT2D eigenvalue weighted by Gasteiger charge is 2.11. The van der Waals surface area contributed by atoms with Crippen molar-refractivity contribution in [2.45, 2.75) is 6.42 Å². The third-order valence-electron chi connectivity index (χ3n) is 1.97. The first kappa shape index (κ1) is 9.87. The summed E-state index contributed by atoms with van der Waals surface area (Å²) in [5.74, 6) is 0. The zero-order chi connectivity index (χ0) is 10.1. The topological polar surface area (TPSA) is 23.8 Å². The van der Waals surface area contributed by atoms with Crippen LogP contribution < -0.4 is 0 Å². The molecule has 0 aliphatic heterocycles. The number of hydrogen-bond donors (Lipinski definition) is 0. The molecular formula is C10H5FINS. The van der Waals surface area contributed by atoms with Gasteiger partial charge in [-0.2, -0.15) is 9.65 Å². The van der Waals surface area contributed by atoms with Crippen LogP contribution in [0.1, 0.15) is 5.56 Å². The molecule has 0 radical (unpaired) electrons. The largest absolute Gasteiger partial charge is 0.198 e. The van der Waals surface area contributed by atoms with E-state index < -0.39 is 0 Å². The van der Waals surface area contributed by atoms with Gasteiger partial charge in [-0.25, -0.2) is 0 Å². The zero-order valence-corrected chi connectivity index (χ0v) is 10.0. The lowest BCUT2D eigenvalue weighted by Crippen LogP contribution is -1.80. The molecule has 2 rings (SSSR count). The molecule has 0 aliphatic rings. The predicted octanol–water partition coefficient (Wildman–Crippen LogP) is 3.71. The molecule has 0 spiro atoms. The molecule has 14 heavy (non-hydrogen) atoms. The lowest BCUT2D eigenvalue weighted by Gasteiger charge is -1.95. The van der Waals surface area contributed by atoms with Crippen molar-refractivity contribution in [3.8, 4) is 6.07 Å². The molecule has 0 atom stereocenters. The smallest absolute Gasteiger partial charge is 0.190 e. The molecular weight excluding hydrogens is 312 g/mol. The van der Waals surface area contributed by atoms with Gasteiger partial charge in [0.2, 0.25) is 0 Å². The minimum absolute atomic E-state index is 0.161. The van der Waals surface area contributed by atoms with Crippen LogP contribution in [0.3, 0.4) is 0 Å². The van der Waals surface area contributed by atoms with Crippen LogP contribution in [0.5, 0.6) is 0 Å². The third-order valence-corrected chi connectivity index (χ3v) is 4.46. The first-order valence-electron chi connectivity index (χ1n) is 3.96. The van der Waals surface area contributed by atoms with Crippen LogP contribution in [0.15, 0.2) is 18.2 Å². The fraction of sp³-hybridized carbons (Fsp3) is 0.100. The Kier molecular flexibility index (Phi) is 2.70. The van der Waals surface area contributed by atoms with Gasteiger partial charge in [-0.15, -0.1) is 11.3 Å². The van der Waals surface area contributed by atoms with Crippen molar-refractivity contribution in [3.05, 3.63) is 32.5 Å². The molecule has 0 bridgehead atoms. The lowest BCUT2D eigenvalue weighted by atomic mass is 10.1. The van der Waals surface area contributed by atoms with E-state index in [1.54, 1.807) is 0 Å². The van der Waals surface area contributed by atoms with Gasteiger partial charge in [-0.3, -0.25) is 0 Å². The molecule has 0 unspecified atom stereocenters. The molecule has 0 amide bonds. The van der Waals surface area contributed by atoms with Gasteiger partial charge in [0, 0.05) is 10.1 Å². The summed E-state index contributed by atoms with van der Waals surface area (Å²) >= 11 is 3.12. The molecule has 1 heterocycles. The summed E-state index contributed by atoms with van der Waals surface area (Å²) in [6.45, 7) is 0. The van der Waals surface area contributed by atoms with Crippen molar-refractivity contribution in [3.63, 3.8) is 0 Å². The normalized spacial score (nSPS) is 10.4. The number of thiophene rings is 1. The van der Waals surface area contributed by atoms with Crippen molar-refractivity contribution in [1.82, 2.24) is 0 Å². The van der Waals surface area contributed by atoms with E-state index >= 15 is 0 Å². The van der Waals surface area contributed by atoms with Gasteiger partial charge in [0.25, 0.3) is 0 Å². The van der Waals surface area contributed by atoms with Crippen LogP contribution in [0.25, 0.3) is 10.1 Å². The van der Waals surface area contributed by atoms with Crippen LogP contribution in [0, 0.1) is 20.0 Å². The number of nitriles is 1. The minimum Gasteiger partial charge on any atom is -0.198 e. The average Bonchev–Trinajstić information content (AvgIpc) is 2.46. The van der Waals surface area contributed by atoms with E-state index in [1.165, 1.54) is 0 Å². The fourth-order valence-corrected chi connectivity index (χ4v) is 3.24. The average molecular weight is 317 g/mol. The Labute approximate surface area is 98.3 Å². The maximum atomic E-state index is 13.3. The molecule has 4 heteroatoms. The van der Waals surface area contributed by atoms with Gasteiger partial charge in [0.15, 0.2) is 5.13 Å². The van der Waals surface area contributed by atoms with E-state index in [0.717, 1.165) is 27.0 Å². The monoisotopic (exact) mass is 317 g/mol. The highest BCUT2D eigenvalue weighted by molar-refractivity contribution is 14.1. The van der Waals surface area contributed by atoms with Gasteiger partial charge in [0.1, 0.15) is 0 Å². The molecule has 1 aromatic carbocycles. The second kappa shape index (κ2) is 3.83. The van der Waals surface area contributed by atoms with Gasteiger partial charge >= 0.3 is 0 Å². The molecule has 2 aromatic rings. The van der Waals surface area contributed by atoms with Crippen LogP contribution in [-0.2, 0) is 6.42 Å². The number of halogens is 2. The van der Waals surface area contributed by atoms with Crippen LogP contribution in [-0.4, -0.2) is 0 Å². The molecule has 1 aromatic heterocycles. The molecule has 0 N–H and O–H groups in total. The summed E-state index contributed by atoms with van der Waals surface area (Å²) in [5, 5.41) is 9.37. The highest BCUT2D eigenvalue weighted by Crippen LogP contribution is 2.33. The first-order chi connectivity index (χ1) is 6.74. The number of rotatable bonds is 1. The molecule has 1 nitrogen and oxygen atoms in total. The minimum atomic E-state index is -0.161. The molecule has 0 fully saturated rings. The van der Waals surface area contributed by atoms with E-state index in [2.05, 4.69) is 6.07 Å². The molecule has 0 saturated carbocycles. The van der Waals surface area contributed by atoms with Crippen LogP contribution in [0.4, 0.5) is 4.39 Å². The summed E-state index contributed by atoms with van der Waals surface area (Å²) < 4.78 is 14.8. The van der Waals surface area contributed by atoms with Crippen LogP contribution in [0.2, 0.25) is 0 Å². The number of nitrogens with zero attached hydrogens (tertiary/aromatic N) is 1. The Bertz CT molecular complexity index is 527. The van der Waals surface area contributed by atoms with E-state index in [-0.39, 0.29) is 5.13 Å². The van der Waals surface area contributed by atoms with Crippen LogP contribution >= 0.6 is 33.9 Å². The standard InChI is InChI=1S/C10H5FINS/c11-10-8(12)7-3-1-2-6(4-5-13)9(7)14-10/h1-3H,4H2. The summed E-state index contributed by atoms with van der Waals surface area (Å²) in [7, 11) is 0. The maximum absolute atomic E-state index is 13.3. The van der Waals surface area contributed by atoms with Crippen molar-refractivity contribution in [2.75, 3.05) is 0 Å². The lowest BCUT2D eigenvalue weighted by molar-refractivity contribution is 0.652. The Balaban J connectivity index is 2.76. The van der Waals surface area contributed by atoms with Crippen molar-refractivity contribution >= 4 is 44.0 Å². The maximum Gasteiger partial charge on any atom is 0.190 e. The first-order valence-corrected chi connectivity index (χ1v) is 5.86. The number of fused-ring (bicyclic) bond motifs is 1. The van der Waals surface area contributed by atoms with E-state index in [0.29, 0.717) is 9.99 Å². The summed E-state index contributed by atoms with van der Waals surface area (Å²) in [6, 6.07) is 7.71. The Morgan fingerprint density at radius 1 is 1.50 bits per heavy atom. The number of hydrogen-bond acceptors (Lipinski definition) is 2. The molecule has 0 saturated heterocycles. The van der Waals surface area contributed by atoms with Gasteiger partial charge in [-0.05, 0) is 28.2 Å². The SMILES string of the molecule is N#CCc1cccc2c(I)c(F)sc12. The summed E-state index contributed by atoms with van der Waals surface area (Å²) in [4.78, 5) is 0. The molecule has 70 valence electrons. The quantitative estimate of drug-likeness (QED) is 0.736. The van der Waals surface area contributed by atoms with Gasteiger partial charge in [-0.1, -0.05) is 18.2 Å². The van der Waals surface area contributed by atoms with Crippen molar-refractivity contribution in [2.24, 2.45) is 0 Å². The van der Waals surface area contributed by atoms with Gasteiger partial charge in [0.05, 0.1) is 16.1 Å². The number of benzene rings is 1. The van der Waals surface area contributed by atoms with Crippen molar-refractivity contribution < 1.29 is 4.39 Å². The summed E-state index contributed by atoms with van der Waals surface area (Å²) in [5.41, 5.74) is 0.914. The predicted molar refractivity (Wildman–Crippen MR) is 63.8 cm³/mol. The Morgan fingerprint density at radius 2 is 2.29 bits per heavy atom. The second-order valence-electron chi connectivity index (χ2n) is 2.82. The van der Waals surface area contributed by atoms with Crippen molar-refractivity contribution in [1.29, 1.82) is 5.26 Å². The van der Waals surface area contributed by atoms with E-state index in [4.69, 9.17) is 5.26 Å². The highest BCUT2D eigenvalue weighted by atomic mass is 127. The van der Waals surface area contributed by atoms with E-state index in [1.807, 2.05) is 40.8 Å². The fourth-order valence-electron chi connectivity index (χ4n) is 1.34. The molecule has 0 aliphatic carbocycles.